The van der Waals surface area contributed by atoms with Crippen LogP contribution in [-0.4, -0.2) is 19.0 Å². The molecule has 0 aliphatic carbocycles. The highest BCUT2D eigenvalue weighted by atomic mass is 35.5. The van der Waals surface area contributed by atoms with Crippen LogP contribution in [0.2, 0.25) is 5.02 Å². The number of hydrogen-bond donors (Lipinski definition) is 2. The van der Waals surface area contributed by atoms with E-state index in [0.717, 1.165) is 25.9 Å². The standard InChI is InChI=1S/C12H14ClFN2O/c13-10-2-1-9(7-11(10)14)16-12(17)8-3-5-15-6-4-8/h1-2,7-8,15H,3-6H2,(H,16,17). The molecule has 0 spiro atoms. The van der Waals surface area contributed by atoms with Gasteiger partial charge in [0.25, 0.3) is 0 Å². The Morgan fingerprint density at radius 3 is 2.76 bits per heavy atom. The summed E-state index contributed by atoms with van der Waals surface area (Å²) < 4.78 is 13.2. The quantitative estimate of drug-likeness (QED) is 0.853. The van der Waals surface area contributed by atoms with Crippen LogP contribution in [0.3, 0.4) is 0 Å². The molecule has 0 bridgehead atoms. The molecule has 3 nitrogen and oxygen atoms in total. The lowest BCUT2D eigenvalue weighted by Crippen LogP contribution is -2.34. The maximum atomic E-state index is 13.2. The molecule has 92 valence electrons. The van der Waals surface area contributed by atoms with Crippen molar-refractivity contribution in [1.29, 1.82) is 0 Å². The molecule has 0 radical (unpaired) electrons. The smallest absolute Gasteiger partial charge is 0.227 e. The van der Waals surface area contributed by atoms with E-state index in [0.29, 0.717) is 5.69 Å². The zero-order chi connectivity index (χ0) is 12.3. The van der Waals surface area contributed by atoms with Gasteiger partial charge in [-0.25, -0.2) is 4.39 Å². The van der Waals surface area contributed by atoms with Crippen molar-refractivity contribution in [2.45, 2.75) is 12.8 Å². The van der Waals surface area contributed by atoms with Crippen LogP contribution >= 0.6 is 11.6 Å². The van der Waals surface area contributed by atoms with Crippen molar-refractivity contribution >= 4 is 23.2 Å². The summed E-state index contributed by atoms with van der Waals surface area (Å²) in [6.07, 6.45) is 1.64. The molecule has 1 aromatic rings. The lowest BCUT2D eigenvalue weighted by Gasteiger charge is -2.21. The summed E-state index contributed by atoms with van der Waals surface area (Å²) in [5.41, 5.74) is 0.454. The van der Waals surface area contributed by atoms with Crippen LogP contribution in [0.1, 0.15) is 12.8 Å². The molecule has 0 aromatic heterocycles. The number of amides is 1. The maximum Gasteiger partial charge on any atom is 0.227 e. The fraction of sp³-hybridized carbons (Fsp3) is 0.417. The number of rotatable bonds is 2. The molecule has 0 saturated carbocycles. The molecule has 2 N–H and O–H groups in total. The molecule has 0 atom stereocenters. The van der Waals surface area contributed by atoms with Crippen molar-refractivity contribution < 1.29 is 9.18 Å². The van der Waals surface area contributed by atoms with E-state index in [-0.39, 0.29) is 16.8 Å². The summed E-state index contributed by atoms with van der Waals surface area (Å²) in [4.78, 5) is 11.9. The third-order valence-corrected chi connectivity index (χ3v) is 3.20. The van der Waals surface area contributed by atoms with E-state index in [1.54, 1.807) is 6.07 Å². The topological polar surface area (TPSA) is 41.1 Å². The van der Waals surface area contributed by atoms with Gasteiger partial charge in [0.1, 0.15) is 5.82 Å². The van der Waals surface area contributed by atoms with Crippen LogP contribution in [-0.2, 0) is 4.79 Å². The highest BCUT2D eigenvalue weighted by molar-refractivity contribution is 6.30. The molecule has 17 heavy (non-hydrogen) atoms. The van der Waals surface area contributed by atoms with Gasteiger partial charge in [0, 0.05) is 11.6 Å². The van der Waals surface area contributed by atoms with Crippen molar-refractivity contribution in [2.75, 3.05) is 18.4 Å². The largest absolute Gasteiger partial charge is 0.326 e. The van der Waals surface area contributed by atoms with E-state index in [2.05, 4.69) is 10.6 Å². The molecular formula is C12H14ClFN2O. The van der Waals surface area contributed by atoms with Gasteiger partial charge in [0.05, 0.1) is 5.02 Å². The summed E-state index contributed by atoms with van der Waals surface area (Å²) in [6, 6.07) is 4.28. The molecule has 5 heteroatoms. The number of piperidine rings is 1. The SMILES string of the molecule is O=C(Nc1ccc(Cl)c(F)c1)C1CCNCC1. The van der Waals surface area contributed by atoms with Gasteiger partial charge in [-0.1, -0.05) is 11.6 Å². The van der Waals surface area contributed by atoms with Gasteiger partial charge in [-0.05, 0) is 44.1 Å². The first-order chi connectivity index (χ1) is 8.16. The average Bonchev–Trinajstić information content (AvgIpc) is 2.35. The van der Waals surface area contributed by atoms with Crippen molar-refractivity contribution in [3.8, 4) is 0 Å². The average molecular weight is 257 g/mol. The predicted octanol–water partition coefficient (Wildman–Crippen LogP) is 2.42. The fourth-order valence-corrected chi connectivity index (χ4v) is 2.02. The van der Waals surface area contributed by atoms with Crippen LogP contribution in [0.4, 0.5) is 10.1 Å². The zero-order valence-corrected chi connectivity index (χ0v) is 10.1. The van der Waals surface area contributed by atoms with E-state index in [1.807, 2.05) is 0 Å². The molecule has 0 unspecified atom stereocenters. The first-order valence-corrected chi connectivity index (χ1v) is 6.01. The van der Waals surface area contributed by atoms with Crippen LogP contribution in [0, 0.1) is 11.7 Å². The first kappa shape index (κ1) is 12.3. The third-order valence-electron chi connectivity index (χ3n) is 2.90. The van der Waals surface area contributed by atoms with Gasteiger partial charge in [0.2, 0.25) is 5.91 Å². The summed E-state index contributed by atoms with van der Waals surface area (Å²) in [7, 11) is 0. The molecule has 1 fully saturated rings. The van der Waals surface area contributed by atoms with Gasteiger partial charge in [-0.2, -0.15) is 0 Å². The van der Waals surface area contributed by atoms with Crippen LogP contribution in [0.25, 0.3) is 0 Å². The second-order valence-corrected chi connectivity index (χ2v) is 4.55. The predicted molar refractivity (Wildman–Crippen MR) is 65.6 cm³/mol. The lowest BCUT2D eigenvalue weighted by molar-refractivity contribution is -0.120. The second kappa shape index (κ2) is 5.47. The number of nitrogens with one attached hydrogen (secondary N) is 2. The van der Waals surface area contributed by atoms with Gasteiger partial charge in [0.15, 0.2) is 0 Å². The normalized spacial score (nSPS) is 16.8. The minimum atomic E-state index is -0.519. The van der Waals surface area contributed by atoms with Crippen LogP contribution < -0.4 is 10.6 Å². The molecule has 1 heterocycles. The Bertz CT molecular complexity index is 419. The molecule has 1 saturated heterocycles. The van der Waals surface area contributed by atoms with Gasteiger partial charge >= 0.3 is 0 Å². The van der Waals surface area contributed by atoms with Crippen LogP contribution in [0.5, 0.6) is 0 Å². The minimum Gasteiger partial charge on any atom is -0.326 e. The van der Waals surface area contributed by atoms with E-state index >= 15 is 0 Å². The molecule has 1 aliphatic rings. The van der Waals surface area contributed by atoms with Crippen molar-refractivity contribution in [2.24, 2.45) is 5.92 Å². The van der Waals surface area contributed by atoms with Gasteiger partial charge in [-0.3, -0.25) is 4.79 Å². The lowest BCUT2D eigenvalue weighted by atomic mass is 9.97. The summed E-state index contributed by atoms with van der Waals surface area (Å²) in [5.74, 6) is -0.557. The first-order valence-electron chi connectivity index (χ1n) is 5.63. The molecule has 2 rings (SSSR count). The van der Waals surface area contributed by atoms with E-state index < -0.39 is 5.82 Å². The number of carbonyl (C=O) groups excluding carboxylic acids is 1. The minimum absolute atomic E-state index is 0.00925. The van der Waals surface area contributed by atoms with E-state index in [4.69, 9.17) is 11.6 Å². The fourth-order valence-electron chi connectivity index (χ4n) is 1.90. The Hall–Kier alpha value is -1.13. The van der Waals surface area contributed by atoms with Crippen molar-refractivity contribution in [3.63, 3.8) is 0 Å². The number of hydrogen-bond acceptors (Lipinski definition) is 2. The van der Waals surface area contributed by atoms with Crippen LogP contribution in [0.15, 0.2) is 18.2 Å². The number of carbonyl (C=O) groups is 1. The summed E-state index contributed by atoms with van der Waals surface area (Å²) in [5, 5.41) is 5.97. The number of benzene rings is 1. The molecule has 1 aromatic carbocycles. The molecular weight excluding hydrogens is 243 g/mol. The Kier molecular flexibility index (Phi) is 3.97. The maximum absolute atomic E-state index is 13.2. The van der Waals surface area contributed by atoms with E-state index in [9.17, 15) is 9.18 Å². The third kappa shape index (κ3) is 3.17. The molecule has 1 amide bonds. The number of anilines is 1. The molecule has 1 aliphatic heterocycles. The Balaban J connectivity index is 1.99. The zero-order valence-electron chi connectivity index (χ0n) is 9.30. The number of halogens is 2. The van der Waals surface area contributed by atoms with Gasteiger partial charge < -0.3 is 10.6 Å². The van der Waals surface area contributed by atoms with E-state index in [1.165, 1.54) is 12.1 Å². The monoisotopic (exact) mass is 256 g/mol. The summed E-state index contributed by atoms with van der Waals surface area (Å²) in [6.45, 7) is 1.71. The summed E-state index contributed by atoms with van der Waals surface area (Å²) >= 11 is 5.57. The highest BCUT2D eigenvalue weighted by Gasteiger charge is 2.20. The second-order valence-electron chi connectivity index (χ2n) is 4.14. The Labute approximate surface area is 104 Å². The Morgan fingerprint density at radius 2 is 2.12 bits per heavy atom. The van der Waals surface area contributed by atoms with Gasteiger partial charge in [-0.15, -0.1) is 0 Å². The Morgan fingerprint density at radius 1 is 1.41 bits per heavy atom. The highest BCUT2D eigenvalue weighted by Crippen LogP contribution is 2.20. The van der Waals surface area contributed by atoms with Crippen molar-refractivity contribution in [3.05, 3.63) is 29.0 Å². The van der Waals surface area contributed by atoms with Crippen molar-refractivity contribution in [1.82, 2.24) is 5.32 Å².